The maximum Gasteiger partial charge on any atom is 0.137 e. The summed E-state index contributed by atoms with van der Waals surface area (Å²) in [5.41, 5.74) is 2.24. The second-order valence-electron chi connectivity index (χ2n) is 4.28. The maximum atomic E-state index is 6.08. The van der Waals surface area contributed by atoms with Gasteiger partial charge in [-0.2, -0.15) is 0 Å². The van der Waals surface area contributed by atoms with Crippen LogP contribution in [0.25, 0.3) is 0 Å². The summed E-state index contributed by atoms with van der Waals surface area (Å²) in [6, 6.07) is 12.0. The molecule has 0 heterocycles. The van der Waals surface area contributed by atoms with Crippen molar-refractivity contribution in [2.75, 3.05) is 14.2 Å². The lowest BCUT2D eigenvalue weighted by molar-refractivity contribution is 0.414. The van der Waals surface area contributed by atoms with E-state index in [0.717, 1.165) is 20.1 Å². The highest BCUT2D eigenvalue weighted by Crippen LogP contribution is 2.34. The third kappa shape index (κ3) is 3.37. The van der Waals surface area contributed by atoms with Crippen molar-refractivity contribution in [2.24, 2.45) is 0 Å². The lowest BCUT2D eigenvalue weighted by Crippen LogP contribution is -2.18. The summed E-state index contributed by atoms with van der Waals surface area (Å²) in [7, 11) is 3.55. The number of rotatable bonds is 4. The van der Waals surface area contributed by atoms with E-state index in [0.29, 0.717) is 10.8 Å². The lowest BCUT2D eigenvalue weighted by atomic mass is 9.99. The Morgan fingerprint density at radius 3 is 2.55 bits per heavy atom. The van der Waals surface area contributed by atoms with E-state index in [1.807, 2.05) is 37.4 Å². The van der Waals surface area contributed by atoms with Gasteiger partial charge in [0.25, 0.3) is 0 Å². The van der Waals surface area contributed by atoms with E-state index in [1.54, 1.807) is 7.11 Å². The fourth-order valence-corrected chi connectivity index (χ4v) is 3.14. The van der Waals surface area contributed by atoms with E-state index >= 15 is 0 Å². The number of halogens is 3. The van der Waals surface area contributed by atoms with Crippen molar-refractivity contribution in [3.05, 3.63) is 61.5 Å². The Bertz CT molecular complexity index is 619. The van der Waals surface area contributed by atoms with Crippen LogP contribution < -0.4 is 10.1 Å². The summed E-state index contributed by atoms with van der Waals surface area (Å²) >= 11 is 13.2. The minimum absolute atomic E-state index is 0.0491. The molecule has 0 aliphatic carbocycles. The number of hydrogen-bond acceptors (Lipinski definition) is 2. The molecular weight excluding hydrogens is 405 g/mol. The Kier molecular flexibility index (Phi) is 5.49. The lowest BCUT2D eigenvalue weighted by Gasteiger charge is -2.20. The molecule has 1 unspecified atom stereocenters. The first-order valence-corrected chi connectivity index (χ1v) is 7.99. The van der Waals surface area contributed by atoms with Gasteiger partial charge in [0, 0.05) is 8.95 Å². The average Bonchev–Trinajstić information content (AvgIpc) is 2.45. The van der Waals surface area contributed by atoms with Crippen molar-refractivity contribution in [3.8, 4) is 5.75 Å². The smallest absolute Gasteiger partial charge is 0.137 e. The Balaban J connectivity index is 2.49. The van der Waals surface area contributed by atoms with Gasteiger partial charge < -0.3 is 10.1 Å². The minimum Gasteiger partial charge on any atom is -0.495 e. The number of methoxy groups -OCH3 is 1. The van der Waals surface area contributed by atoms with Crippen LogP contribution in [0.15, 0.2) is 45.3 Å². The summed E-state index contributed by atoms with van der Waals surface area (Å²) < 4.78 is 7.38. The Morgan fingerprint density at radius 2 is 1.90 bits per heavy atom. The molecule has 0 radical (unpaired) electrons. The average molecular weight is 420 g/mol. The quantitative estimate of drug-likeness (QED) is 0.737. The first kappa shape index (κ1) is 15.8. The molecule has 2 aromatic rings. The van der Waals surface area contributed by atoms with Gasteiger partial charge in [-0.25, -0.2) is 0 Å². The second kappa shape index (κ2) is 6.94. The van der Waals surface area contributed by atoms with E-state index < -0.39 is 0 Å². The third-order valence-electron chi connectivity index (χ3n) is 3.07. The van der Waals surface area contributed by atoms with Gasteiger partial charge in [0.05, 0.1) is 18.2 Å². The zero-order valence-electron chi connectivity index (χ0n) is 11.1. The summed E-state index contributed by atoms with van der Waals surface area (Å²) in [6.45, 7) is 0. The summed E-state index contributed by atoms with van der Waals surface area (Å²) in [5.74, 6) is 0.676. The van der Waals surface area contributed by atoms with Crippen molar-refractivity contribution >= 4 is 43.5 Å². The van der Waals surface area contributed by atoms with Crippen molar-refractivity contribution in [1.29, 1.82) is 0 Å². The zero-order chi connectivity index (χ0) is 14.7. The van der Waals surface area contributed by atoms with Crippen LogP contribution in [0.5, 0.6) is 5.75 Å². The van der Waals surface area contributed by atoms with Gasteiger partial charge in [-0.15, -0.1) is 0 Å². The molecule has 0 amide bonds. The molecule has 0 saturated carbocycles. The van der Waals surface area contributed by atoms with E-state index in [9.17, 15) is 0 Å². The van der Waals surface area contributed by atoms with Gasteiger partial charge in [-0.05, 0) is 48.5 Å². The van der Waals surface area contributed by atoms with Crippen LogP contribution >= 0.6 is 43.5 Å². The minimum atomic E-state index is 0.0491. The number of hydrogen-bond donors (Lipinski definition) is 1. The highest BCUT2D eigenvalue weighted by molar-refractivity contribution is 9.11. The predicted octanol–water partition coefficient (Wildman–Crippen LogP) is 5.18. The Hall–Kier alpha value is -0.550. The fourth-order valence-electron chi connectivity index (χ4n) is 2.09. The highest BCUT2D eigenvalue weighted by atomic mass is 79.9. The van der Waals surface area contributed by atoms with Gasteiger partial charge in [0.15, 0.2) is 0 Å². The van der Waals surface area contributed by atoms with Gasteiger partial charge in [-0.3, -0.25) is 0 Å². The van der Waals surface area contributed by atoms with Crippen LogP contribution in [-0.2, 0) is 0 Å². The van der Waals surface area contributed by atoms with Gasteiger partial charge in [-0.1, -0.05) is 49.5 Å². The number of ether oxygens (including phenoxy) is 1. The molecule has 2 rings (SSSR count). The molecule has 2 aromatic carbocycles. The molecule has 5 heteroatoms. The van der Waals surface area contributed by atoms with E-state index in [-0.39, 0.29) is 6.04 Å². The van der Waals surface area contributed by atoms with E-state index in [4.69, 9.17) is 16.3 Å². The molecule has 0 aliphatic rings. The molecule has 106 valence electrons. The molecule has 0 aromatic heterocycles. The molecule has 1 N–H and O–H groups in total. The molecule has 20 heavy (non-hydrogen) atoms. The molecule has 0 aliphatic heterocycles. The standard InChI is InChI=1S/C15H14Br2ClNO/c1-19-15(11-8-10(16)4-5-12(11)17)9-3-6-13(18)14(7-9)20-2/h3-8,15,19H,1-2H3. The van der Waals surface area contributed by atoms with E-state index in [1.165, 1.54) is 0 Å². The normalized spacial score (nSPS) is 12.2. The first-order chi connectivity index (χ1) is 9.56. The third-order valence-corrected chi connectivity index (χ3v) is 4.59. The van der Waals surface area contributed by atoms with Crippen molar-refractivity contribution < 1.29 is 4.74 Å². The van der Waals surface area contributed by atoms with Crippen molar-refractivity contribution in [2.45, 2.75) is 6.04 Å². The van der Waals surface area contributed by atoms with Gasteiger partial charge >= 0.3 is 0 Å². The zero-order valence-corrected chi connectivity index (χ0v) is 15.0. The summed E-state index contributed by atoms with van der Waals surface area (Å²) in [6.07, 6.45) is 0. The Labute approximate surface area is 140 Å². The molecular formula is C15H14Br2ClNO. The van der Waals surface area contributed by atoms with Crippen LogP contribution in [0.1, 0.15) is 17.2 Å². The monoisotopic (exact) mass is 417 g/mol. The van der Waals surface area contributed by atoms with Gasteiger partial charge in [0.1, 0.15) is 5.75 Å². The van der Waals surface area contributed by atoms with Crippen LogP contribution in [0, 0.1) is 0 Å². The van der Waals surface area contributed by atoms with Crippen LogP contribution in [0.4, 0.5) is 0 Å². The molecule has 1 atom stereocenters. The van der Waals surface area contributed by atoms with Crippen LogP contribution in [-0.4, -0.2) is 14.2 Å². The van der Waals surface area contributed by atoms with Crippen LogP contribution in [0.2, 0.25) is 5.02 Å². The van der Waals surface area contributed by atoms with Gasteiger partial charge in [0.2, 0.25) is 0 Å². The molecule has 0 spiro atoms. The maximum absolute atomic E-state index is 6.08. The predicted molar refractivity (Wildman–Crippen MR) is 90.7 cm³/mol. The van der Waals surface area contributed by atoms with Crippen LogP contribution in [0.3, 0.4) is 0 Å². The largest absolute Gasteiger partial charge is 0.495 e. The molecule has 2 nitrogen and oxygen atoms in total. The van der Waals surface area contributed by atoms with Crippen molar-refractivity contribution in [3.63, 3.8) is 0 Å². The SMILES string of the molecule is CNC(c1ccc(Cl)c(OC)c1)c1cc(Br)ccc1Br. The topological polar surface area (TPSA) is 21.3 Å². The summed E-state index contributed by atoms with van der Waals surface area (Å²) in [4.78, 5) is 0. The molecule has 0 bridgehead atoms. The number of benzene rings is 2. The van der Waals surface area contributed by atoms with E-state index in [2.05, 4.69) is 43.2 Å². The first-order valence-electron chi connectivity index (χ1n) is 6.02. The second-order valence-corrected chi connectivity index (χ2v) is 6.46. The van der Waals surface area contributed by atoms with Crippen molar-refractivity contribution in [1.82, 2.24) is 5.32 Å². The summed E-state index contributed by atoms with van der Waals surface area (Å²) in [5, 5.41) is 3.93. The molecule has 0 fully saturated rings. The highest BCUT2D eigenvalue weighted by Gasteiger charge is 2.17. The number of nitrogens with one attached hydrogen (secondary N) is 1. The fraction of sp³-hybridized carbons (Fsp3) is 0.200. The molecule has 0 saturated heterocycles. The Morgan fingerprint density at radius 1 is 1.15 bits per heavy atom.